The molecule has 0 saturated carbocycles. The fourth-order valence-electron chi connectivity index (χ4n) is 5.45. The first-order valence-corrected chi connectivity index (χ1v) is 13.3. The molecular formula is C25H36F2N8O3. The molecule has 0 radical (unpaired) electrons. The molecule has 13 heteroatoms. The van der Waals surface area contributed by atoms with Gasteiger partial charge in [-0.15, -0.1) is 0 Å². The Bertz CT molecular complexity index is 1110. The topological polar surface area (TPSA) is 127 Å². The van der Waals surface area contributed by atoms with Crippen LogP contribution in [0, 0.1) is 5.92 Å². The monoisotopic (exact) mass is 534 g/mol. The molecule has 3 atom stereocenters. The number of amides is 1. The van der Waals surface area contributed by atoms with Gasteiger partial charge < -0.3 is 29.7 Å². The zero-order chi connectivity index (χ0) is 27.0. The predicted molar refractivity (Wildman–Crippen MR) is 135 cm³/mol. The molecule has 0 aliphatic carbocycles. The Hall–Kier alpha value is -3.09. The van der Waals surface area contributed by atoms with Gasteiger partial charge in [-0.05, 0) is 25.7 Å². The second-order valence-electron chi connectivity index (χ2n) is 11.0. The van der Waals surface area contributed by atoms with Crippen LogP contribution in [0.25, 0.3) is 0 Å². The van der Waals surface area contributed by atoms with Gasteiger partial charge in [-0.3, -0.25) is 4.79 Å². The van der Waals surface area contributed by atoms with Crippen molar-refractivity contribution in [3.05, 3.63) is 18.2 Å². The van der Waals surface area contributed by atoms with E-state index in [1.165, 1.54) is 4.90 Å². The van der Waals surface area contributed by atoms with Crippen molar-refractivity contribution in [3.63, 3.8) is 0 Å². The molecule has 11 nitrogen and oxygen atoms in total. The molecule has 2 aromatic rings. The zero-order valence-electron chi connectivity index (χ0n) is 22.1. The summed E-state index contributed by atoms with van der Waals surface area (Å²) >= 11 is 0. The van der Waals surface area contributed by atoms with E-state index in [0.717, 1.165) is 31.8 Å². The van der Waals surface area contributed by atoms with Gasteiger partial charge in [0, 0.05) is 51.0 Å². The molecule has 1 amide bonds. The number of hydrogen-bond donors (Lipinski definition) is 1. The first-order valence-electron chi connectivity index (χ1n) is 13.3. The standard InChI is InChI=1S/C25H36F2N8O3/c1-15(2)22-31-24(38-32-22)33-8-5-17(6-9-33)16(3)37-18-10-29-23(30-11-18)34-12-19(28)20(13-34)35-14-25(26,27)7-4-21(35)36/h10-11,15-17,19-20H,4-9,12-14,28H2,1-3H3/t16-,19?,20?/m0/s1. The van der Waals surface area contributed by atoms with Crippen LogP contribution in [0.4, 0.5) is 20.7 Å². The number of ether oxygens (including phenoxy) is 1. The predicted octanol–water partition coefficient (Wildman–Crippen LogP) is 2.44. The summed E-state index contributed by atoms with van der Waals surface area (Å²) in [4.78, 5) is 30.9. The highest BCUT2D eigenvalue weighted by Gasteiger charge is 2.45. The van der Waals surface area contributed by atoms with E-state index in [9.17, 15) is 13.6 Å². The number of halogens is 2. The highest BCUT2D eigenvalue weighted by Crippen LogP contribution is 2.32. The van der Waals surface area contributed by atoms with Crippen LogP contribution in [-0.2, 0) is 4.79 Å². The molecule has 3 saturated heterocycles. The van der Waals surface area contributed by atoms with Gasteiger partial charge in [0.1, 0.15) is 0 Å². The van der Waals surface area contributed by atoms with Crippen molar-refractivity contribution in [2.75, 3.05) is 42.5 Å². The van der Waals surface area contributed by atoms with Crippen LogP contribution in [0.5, 0.6) is 5.75 Å². The Kier molecular flexibility index (Phi) is 7.38. The van der Waals surface area contributed by atoms with Crippen LogP contribution in [0.15, 0.2) is 16.9 Å². The molecule has 208 valence electrons. The number of nitrogens with zero attached hydrogens (tertiary/aromatic N) is 7. The largest absolute Gasteiger partial charge is 0.487 e. The number of alkyl halides is 2. The average Bonchev–Trinajstić information content (AvgIpc) is 3.54. The minimum Gasteiger partial charge on any atom is -0.487 e. The summed E-state index contributed by atoms with van der Waals surface area (Å²) in [5.74, 6) is -0.858. The molecule has 0 spiro atoms. The van der Waals surface area contributed by atoms with E-state index >= 15 is 0 Å². The molecule has 5 heterocycles. The highest BCUT2D eigenvalue weighted by molar-refractivity contribution is 5.78. The van der Waals surface area contributed by atoms with Crippen LogP contribution in [-0.4, -0.2) is 87.7 Å². The third kappa shape index (κ3) is 5.67. The van der Waals surface area contributed by atoms with Crippen molar-refractivity contribution >= 4 is 17.9 Å². The van der Waals surface area contributed by atoms with E-state index in [2.05, 4.69) is 25.0 Å². The van der Waals surface area contributed by atoms with E-state index < -0.39 is 31.0 Å². The van der Waals surface area contributed by atoms with Gasteiger partial charge in [0.15, 0.2) is 11.6 Å². The first-order chi connectivity index (χ1) is 18.1. The number of likely N-dealkylation sites (tertiary alicyclic amines) is 1. The molecule has 3 aliphatic rings. The maximum absolute atomic E-state index is 13.9. The minimum absolute atomic E-state index is 0.0307. The van der Waals surface area contributed by atoms with Gasteiger partial charge in [-0.25, -0.2) is 18.7 Å². The van der Waals surface area contributed by atoms with Crippen molar-refractivity contribution in [1.82, 2.24) is 25.0 Å². The minimum atomic E-state index is -2.88. The molecule has 5 rings (SSSR count). The lowest BCUT2D eigenvalue weighted by Crippen LogP contribution is -2.56. The van der Waals surface area contributed by atoms with E-state index in [4.69, 9.17) is 15.0 Å². The van der Waals surface area contributed by atoms with Gasteiger partial charge in [0.25, 0.3) is 5.92 Å². The fraction of sp³-hybridized carbons (Fsp3) is 0.720. The number of carbonyl (C=O) groups is 1. The number of rotatable bonds is 7. The summed E-state index contributed by atoms with van der Waals surface area (Å²) in [6, 6.07) is -0.377. The van der Waals surface area contributed by atoms with Crippen LogP contribution >= 0.6 is 0 Å². The summed E-state index contributed by atoms with van der Waals surface area (Å²) in [7, 11) is 0. The number of aromatic nitrogens is 4. The molecule has 0 aromatic carbocycles. The van der Waals surface area contributed by atoms with Crippen LogP contribution < -0.4 is 20.3 Å². The summed E-state index contributed by atoms with van der Waals surface area (Å²) < 4.78 is 39.4. The molecule has 3 fully saturated rings. The van der Waals surface area contributed by atoms with Crippen molar-refractivity contribution in [3.8, 4) is 5.75 Å². The number of nitrogens with two attached hydrogens (primary N) is 1. The third-order valence-electron chi connectivity index (χ3n) is 7.80. The van der Waals surface area contributed by atoms with E-state index in [1.54, 1.807) is 12.4 Å². The van der Waals surface area contributed by atoms with Gasteiger partial charge in [-0.1, -0.05) is 19.0 Å². The third-order valence-corrected chi connectivity index (χ3v) is 7.80. The molecule has 2 aromatic heterocycles. The van der Waals surface area contributed by atoms with E-state index in [1.807, 2.05) is 25.7 Å². The number of hydrogen-bond acceptors (Lipinski definition) is 10. The molecular weight excluding hydrogens is 498 g/mol. The summed E-state index contributed by atoms with van der Waals surface area (Å²) in [6.45, 7) is 7.86. The summed E-state index contributed by atoms with van der Waals surface area (Å²) in [6.07, 6.45) is 4.51. The second-order valence-corrected chi connectivity index (χ2v) is 11.0. The molecule has 2 N–H and O–H groups in total. The van der Waals surface area contributed by atoms with E-state index in [0.29, 0.717) is 36.7 Å². The number of anilines is 2. The number of piperidine rings is 2. The molecule has 3 aliphatic heterocycles. The van der Waals surface area contributed by atoms with Crippen molar-refractivity contribution in [2.45, 2.75) is 76.5 Å². The lowest BCUT2D eigenvalue weighted by atomic mass is 9.92. The van der Waals surface area contributed by atoms with Crippen LogP contribution in [0.2, 0.25) is 0 Å². The normalized spacial score (nSPS) is 25.3. The molecule has 2 unspecified atom stereocenters. The zero-order valence-corrected chi connectivity index (χ0v) is 22.1. The van der Waals surface area contributed by atoms with Crippen LogP contribution in [0.3, 0.4) is 0 Å². The Morgan fingerprint density at radius 3 is 2.50 bits per heavy atom. The SMILES string of the molecule is CC(C)c1noc(N2CCC([C@H](C)Oc3cnc(N4CC(N)C(N5CC(F)(F)CCC5=O)C4)nc3)CC2)n1. The highest BCUT2D eigenvalue weighted by atomic mass is 19.3. The van der Waals surface area contributed by atoms with Crippen molar-refractivity contribution in [2.24, 2.45) is 11.7 Å². The lowest BCUT2D eigenvalue weighted by molar-refractivity contribution is -0.150. The average molecular weight is 535 g/mol. The fourth-order valence-corrected chi connectivity index (χ4v) is 5.45. The Morgan fingerprint density at radius 1 is 1.13 bits per heavy atom. The smallest absolute Gasteiger partial charge is 0.324 e. The van der Waals surface area contributed by atoms with Gasteiger partial charge >= 0.3 is 6.01 Å². The van der Waals surface area contributed by atoms with Gasteiger partial charge in [-0.2, -0.15) is 4.98 Å². The number of carbonyl (C=O) groups excluding carboxylic acids is 1. The quantitative estimate of drug-likeness (QED) is 0.566. The van der Waals surface area contributed by atoms with E-state index in [-0.39, 0.29) is 24.3 Å². The lowest BCUT2D eigenvalue weighted by Gasteiger charge is -2.37. The van der Waals surface area contributed by atoms with Crippen molar-refractivity contribution < 1.29 is 22.8 Å². The Morgan fingerprint density at radius 2 is 1.84 bits per heavy atom. The Balaban J connectivity index is 1.13. The van der Waals surface area contributed by atoms with Gasteiger partial charge in [0.05, 0.1) is 31.1 Å². The summed E-state index contributed by atoms with van der Waals surface area (Å²) in [5, 5.41) is 4.05. The second kappa shape index (κ2) is 10.6. The molecule has 0 bridgehead atoms. The maximum atomic E-state index is 13.9. The van der Waals surface area contributed by atoms with Gasteiger partial charge in [0.2, 0.25) is 11.9 Å². The molecule has 38 heavy (non-hydrogen) atoms. The first kappa shape index (κ1) is 26.5. The summed E-state index contributed by atoms with van der Waals surface area (Å²) in [5.41, 5.74) is 6.25. The maximum Gasteiger partial charge on any atom is 0.324 e. The van der Waals surface area contributed by atoms with Crippen LogP contribution in [0.1, 0.15) is 58.2 Å². The Labute approximate surface area is 220 Å². The van der Waals surface area contributed by atoms with Crippen molar-refractivity contribution in [1.29, 1.82) is 0 Å².